The Morgan fingerprint density at radius 1 is 1.05 bits per heavy atom. The molecular weight excluding hydrogens is 232 g/mol. The highest BCUT2D eigenvalue weighted by molar-refractivity contribution is 5.17. The predicted octanol–water partition coefficient (Wildman–Crippen LogP) is 3.67. The van der Waals surface area contributed by atoms with Crippen LogP contribution in [0.25, 0.3) is 0 Å². The summed E-state index contributed by atoms with van der Waals surface area (Å²) in [6.07, 6.45) is 2.16. The van der Waals surface area contributed by atoms with Crippen LogP contribution in [0.2, 0.25) is 0 Å². The van der Waals surface area contributed by atoms with Gasteiger partial charge in [0.1, 0.15) is 0 Å². The maximum absolute atomic E-state index is 4.64. The van der Waals surface area contributed by atoms with Gasteiger partial charge in [-0.25, -0.2) is 0 Å². The van der Waals surface area contributed by atoms with Gasteiger partial charge in [-0.3, -0.25) is 4.98 Å². The van der Waals surface area contributed by atoms with Gasteiger partial charge in [-0.05, 0) is 44.0 Å². The van der Waals surface area contributed by atoms with Gasteiger partial charge in [0.2, 0.25) is 0 Å². The highest BCUT2D eigenvalue weighted by atomic mass is 14.9. The van der Waals surface area contributed by atoms with E-state index in [1.54, 1.807) is 0 Å². The number of aromatic nitrogens is 1. The SMILES string of the molecule is CCNC(CCc1ccccc1)c1cccc(C)n1. The van der Waals surface area contributed by atoms with Gasteiger partial charge < -0.3 is 5.32 Å². The van der Waals surface area contributed by atoms with E-state index in [0.29, 0.717) is 6.04 Å². The molecule has 0 aliphatic heterocycles. The Kier molecular flexibility index (Phi) is 5.10. The van der Waals surface area contributed by atoms with E-state index < -0.39 is 0 Å². The van der Waals surface area contributed by atoms with Crippen molar-refractivity contribution in [2.75, 3.05) is 6.54 Å². The third kappa shape index (κ3) is 4.18. The van der Waals surface area contributed by atoms with Gasteiger partial charge in [0.25, 0.3) is 0 Å². The van der Waals surface area contributed by atoms with Crippen LogP contribution in [0.1, 0.15) is 36.3 Å². The van der Waals surface area contributed by atoms with E-state index in [-0.39, 0.29) is 0 Å². The first-order chi connectivity index (χ1) is 9.29. The molecule has 0 aliphatic carbocycles. The lowest BCUT2D eigenvalue weighted by atomic mass is 10.0. The maximum atomic E-state index is 4.64. The van der Waals surface area contributed by atoms with Gasteiger partial charge in [-0.15, -0.1) is 0 Å². The number of aryl methyl sites for hydroxylation is 2. The summed E-state index contributed by atoms with van der Waals surface area (Å²) in [4.78, 5) is 4.64. The Balaban J connectivity index is 2.04. The normalized spacial score (nSPS) is 12.3. The summed E-state index contributed by atoms with van der Waals surface area (Å²) in [6, 6.07) is 17.2. The summed E-state index contributed by atoms with van der Waals surface area (Å²) in [5.41, 5.74) is 3.62. The number of rotatable bonds is 6. The van der Waals surface area contributed by atoms with Gasteiger partial charge in [0, 0.05) is 11.7 Å². The van der Waals surface area contributed by atoms with E-state index in [4.69, 9.17) is 0 Å². The van der Waals surface area contributed by atoms with Gasteiger partial charge >= 0.3 is 0 Å². The van der Waals surface area contributed by atoms with Crippen molar-refractivity contribution in [3.8, 4) is 0 Å². The largest absolute Gasteiger partial charge is 0.309 e. The van der Waals surface area contributed by atoms with Gasteiger partial charge in [-0.2, -0.15) is 0 Å². The Morgan fingerprint density at radius 2 is 1.84 bits per heavy atom. The zero-order chi connectivity index (χ0) is 13.5. The number of pyridine rings is 1. The minimum Gasteiger partial charge on any atom is -0.309 e. The van der Waals surface area contributed by atoms with Crippen molar-refractivity contribution < 1.29 is 0 Å². The molecule has 0 amide bonds. The highest BCUT2D eigenvalue weighted by Gasteiger charge is 2.11. The topological polar surface area (TPSA) is 24.9 Å². The molecule has 0 fully saturated rings. The molecule has 1 heterocycles. The molecule has 0 bridgehead atoms. The van der Waals surface area contributed by atoms with Crippen LogP contribution in [0.4, 0.5) is 0 Å². The van der Waals surface area contributed by atoms with Crippen LogP contribution >= 0.6 is 0 Å². The molecule has 1 N–H and O–H groups in total. The Labute approximate surface area is 115 Å². The number of benzene rings is 1. The van der Waals surface area contributed by atoms with Crippen molar-refractivity contribution in [3.63, 3.8) is 0 Å². The zero-order valence-corrected chi connectivity index (χ0v) is 11.8. The average molecular weight is 254 g/mol. The van der Waals surface area contributed by atoms with Gasteiger partial charge in [-0.1, -0.05) is 43.3 Å². The third-order valence-electron chi connectivity index (χ3n) is 3.28. The maximum Gasteiger partial charge on any atom is 0.0576 e. The number of hydrogen-bond donors (Lipinski definition) is 1. The zero-order valence-electron chi connectivity index (χ0n) is 11.8. The van der Waals surface area contributed by atoms with Gasteiger partial charge in [0.15, 0.2) is 0 Å². The quantitative estimate of drug-likeness (QED) is 0.850. The lowest BCUT2D eigenvalue weighted by molar-refractivity contribution is 0.503. The van der Waals surface area contributed by atoms with Gasteiger partial charge in [0.05, 0.1) is 5.69 Å². The molecule has 2 rings (SSSR count). The molecule has 0 saturated heterocycles. The Bertz CT molecular complexity index is 494. The molecule has 1 aromatic heterocycles. The van der Waals surface area contributed by atoms with Crippen LogP contribution in [0.3, 0.4) is 0 Å². The Hall–Kier alpha value is -1.67. The van der Waals surface area contributed by atoms with E-state index in [1.165, 1.54) is 5.56 Å². The molecule has 2 nitrogen and oxygen atoms in total. The van der Waals surface area contributed by atoms with E-state index >= 15 is 0 Å². The third-order valence-corrected chi connectivity index (χ3v) is 3.28. The second-order valence-electron chi connectivity index (χ2n) is 4.84. The number of hydrogen-bond acceptors (Lipinski definition) is 2. The molecule has 19 heavy (non-hydrogen) atoms. The van der Waals surface area contributed by atoms with E-state index in [9.17, 15) is 0 Å². The van der Waals surface area contributed by atoms with Crippen molar-refractivity contribution in [1.29, 1.82) is 0 Å². The molecule has 2 aromatic rings. The summed E-state index contributed by atoms with van der Waals surface area (Å²) in [5.74, 6) is 0. The van der Waals surface area contributed by atoms with Crippen LogP contribution < -0.4 is 5.32 Å². The molecule has 0 radical (unpaired) electrons. The molecule has 1 atom stereocenters. The van der Waals surface area contributed by atoms with Crippen molar-refractivity contribution in [2.45, 2.75) is 32.7 Å². The van der Waals surface area contributed by atoms with Crippen LogP contribution in [0, 0.1) is 6.92 Å². The molecule has 0 saturated carbocycles. The second-order valence-corrected chi connectivity index (χ2v) is 4.84. The fourth-order valence-electron chi connectivity index (χ4n) is 2.31. The predicted molar refractivity (Wildman–Crippen MR) is 80.2 cm³/mol. The van der Waals surface area contributed by atoms with Crippen LogP contribution in [-0.2, 0) is 6.42 Å². The first-order valence-electron chi connectivity index (χ1n) is 7.00. The fourth-order valence-corrected chi connectivity index (χ4v) is 2.31. The highest BCUT2D eigenvalue weighted by Crippen LogP contribution is 2.17. The van der Waals surface area contributed by atoms with E-state index in [1.807, 2.05) is 13.0 Å². The van der Waals surface area contributed by atoms with Crippen molar-refractivity contribution in [1.82, 2.24) is 10.3 Å². The van der Waals surface area contributed by atoms with Crippen molar-refractivity contribution in [3.05, 3.63) is 65.5 Å². The summed E-state index contributed by atoms with van der Waals surface area (Å²) in [6.45, 7) is 5.16. The van der Waals surface area contributed by atoms with Crippen molar-refractivity contribution >= 4 is 0 Å². The summed E-state index contributed by atoms with van der Waals surface area (Å²) < 4.78 is 0. The van der Waals surface area contributed by atoms with Crippen LogP contribution in [0.15, 0.2) is 48.5 Å². The number of nitrogens with one attached hydrogen (secondary N) is 1. The Morgan fingerprint density at radius 3 is 2.53 bits per heavy atom. The minimum absolute atomic E-state index is 0.338. The lowest BCUT2D eigenvalue weighted by Crippen LogP contribution is -2.22. The molecule has 0 aliphatic rings. The molecular formula is C17H22N2. The number of nitrogens with zero attached hydrogens (tertiary/aromatic N) is 1. The summed E-state index contributed by atoms with van der Waals surface area (Å²) in [5, 5.41) is 3.53. The molecule has 100 valence electrons. The second kappa shape index (κ2) is 7.05. The monoisotopic (exact) mass is 254 g/mol. The van der Waals surface area contributed by atoms with E-state index in [2.05, 4.69) is 59.7 Å². The first kappa shape index (κ1) is 13.8. The van der Waals surface area contributed by atoms with Crippen LogP contribution in [0.5, 0.6) is 0 Å². The van der Waals surface area contributed by atoms with Crippen molar-refractivity contribution in [2.24, 2.45) is 0 Å². The van der Waals surface area contributed by atoms with Crippen LogP contribution in [-0.4, -0.2) is 11.5 Å². The molecule has 1 aromatic carbocycles. The standard InChI is InChI=1S/C17H22N2/c1-3-18-16(17-11-7-8-14(2)19-17)13-12-15-9-5-4-6-10-15/h4-11,16,18H,3,12-13H2,1-2H3. The summed E-state index contributed by atoms with van der Waals surface area (Å²) >= 11 is 0. The summed E-state index contributed by atoms with van der Waals surface area (Å²) in [7, 11) is 0. The van der Waals surface area contributed by atoms with E-state index in [0.717, 1.165) is 30.8 Å². The lowest BCUT2D eigenvalue weighted by Gasteiger charge is -2.17. The molecule has 1 unspecified atom stereocenters. The average Bonchev–Trinajstić information content (AvgIpc) is 2.44. The first-order valence-corrected chi connectivity index (χ1v) is 7.00. The molecule has 2 heteroatoms. The fraction of sp³-hybridized carbons (Fsp3) is 0.353. The molecule has 0 spiro atoms. The smallest absolute Gasteiger partial charge is 0.0576 e. The minimum atomic E-state index is 0.338.